The summed E-state index contributed by atoms with van der Waals surface area (Å²) >= 11 is 5.29. The summed E-state index contributed by atoms with van der Waals surface area (Å²) in [4.78, 5) is 43.6. The minimum Gasteiger partial charge on any atom is -0.395 e. The van der Waals surface area contributed by atoms with Crippen molar-refractivity contribution in [3.63, 3.8) is 0 Å². The molecule has 3 saturated heterocycles. The van der Waals surface area contributed by atoms with E-state index >= 15 is 0 Å². The maximum atomic E-state index is 13.6. The number of hydrogen-bond donors (Lipinski definition) is 3. The lowest BCUT2D eigenvalue weighted by Crippen LogP contribution is -2.53. The van der Waals surface area contributed by atoms with Crippen LogP contribution in [0.25, 0.3) is 0 Å². The first-order chi connectivity index (χ1) is 15.8. The van der Waals surface area contributed by atoms with E-state index in [1.54, 1.807) is 18.8 Å². The van der Waals surface area contributed by atoms with Gasteiger partial charge in [0.2, 0.25) is 17.7 Å². The monoisotopic (exact) mass is 538 g/mol. The Balaban J connectivity index is 1.63. The Labute approximate surface area is 207 Å². The summed E-state index contributed by atoms with van der Waals surface area (Å²) in [6, 6.07) is 6.93. The number of amides is 3. The molecular formula is C23H31BrN4O4S. The van der Waals surface area contributed by atoms with Gasteiger partial charge in [0.1, 0.15) is 6.04 Å². The van der Waals surface area contributed by atoms with E-state index in [0.29, 0.717) is 12.1 Å². The fourth-order valence-electron chi connectivity index (χ4n) is 5.80. The van der Waals surface area contributed by atoms with Crippen molar-refractivity contribution in [1.82, 2.24) is 10.2 Å². The molecule has 3 heterocycles. The molecule has 3 fully saturated rings. The number of nitrogens with one attached hydrogen (secondary N) is 2. The first-order valence-electron chi connectivity index (χ1n) is 11.4. The van der Waals surface area contributed by atoms with Crippen LogP contribution in [-0.4, -0.2) is 81.9 Å². The predicted octanol–water partition coefficient (Wildman–Crippen LogP) is 1.67. The van der Waals surface area contributed by atoms with Gasteiger partial charge in [0.05, 0.1) is 23.2 Å². The first-order valence-corrected chi connectivity index (χ1v) is 13.2. The van der Waals surface area contributed by atoms with Crippen LogP contribution < -0.4 is 15.5 Å². The van der Waals surface area contributed by atoms with Gasteiger partial charge in [0.25, 0.3) is 0 Å². The van der Waals surface area contributed by atoms with Gasteiger partial charge in [0.15, 0.2) is 0 Å². The molecule has 0 aliphatic carbocycles. The number of halogens is 1. The second-order valence-corrected chi connectivity index (χ2v) is 11.5. The van der Waals surface area contributed by atoms with E-state index in [9.17, 15) is 19.5 Å². The molecule has 10 heteroatoms. The predicted molar refractivity (Wildman–Crippen MR) is 134 cm³/mol. The lowest BCUT2D eigenvalue weighted by Gasteiger charge is -2.35. The third-order valence-corrected chi connectivity index (χ3v) is 10.4. The molecule has 0 saturated carbocycles. The molecule has 4 rings (SSSR count). The molecule has 0 radical (unpaired) electrons. The van der Waals surface area contributed by atoms with Crippen LogP contribution in [0.3, 0.4) is 0 Å². The Hall–Kier alpha value is -1.78. The van der Waals surface area contributed by atoms with Crippen molar-refractivity contribution >= 4 is 56.8 Å². The SMILES string of the molecule is CCN(CC)c1ccc(NC(=O)C2N(CCO)C(=O)[C@@H]3[C@@H](C(=O)NC)[C@@H]4SC23CC4Br)cc1. The number of anilines is 2. The van der Waals surface area contributed by atoms with Gasteiger partial charge in [-0.1, -0.05) is 15.9 Å². The standard InChI is InChI=1S/C23H31BrN4O4S/c1-4-27(5-2)14-8-6-13(7-9-14)26-21(31)19-23-12-15(24)18(33-23)16(20(30)25-3)17(23)22(32)28(19)10-11-29/h6-9,15-19,29H,4-5,10-12H2,1-3H3,(H,25,30)(H,26,31)/t15?,16-,17+,18-,19?,23?/m1/s1. The summed E-state index contributed by atoms with van der Waals surface area (Å²) in [5.41, 5.74) is 1.73. The maximum Gasteiger partial charge on any atom is 0.248 e. The largest absolute Gasteiger partial charge is 0.395 e. The average Bonchev–Trinajstić information content (AvgIpc) is 3.39. The topological polar surface area (TPSA) is 102 Å². The third kappa shape index (κ3) is 3.83. The van der Waals surface area contributed by atoms with E-state index in [4.69, 9.17) is 0 Å². The number of hydrogen-bond acceptors (Lipinski definition) is 6. The zero-order valence-electron chi connectivity index (χ0n) is 19.1. The number of nitrogens with zero attached hydrogens (tertiary/aromatic N) is 2. The number of carbonyl (C=O) groups excluding carboxylic acids is 3. The van der Waals surface area contributed by atoms with Crippen molar-refractivity contribution in [2.24, 2.45) is 11.8 Å². The van der Waals surface area contributed by atoms with Crippen molar-refractivity contribution in [1.29, 1.82) is 0 Å². The average molecular weight is 539 g/mol. The lowest BCUT2D eigenvalue weighted by atomic mass is 9.70. The minimum absolute atomic E-state index is 0.0339. The molecule has 3 N–H and O–H groups in total. The molecule has 3 amide bonds. The molecule has 3 aliphatic heterocycles. The van der Waals surface area contributed by atoms with Crippen LogP contribution in [0.15, 0.2) is 24.3 Å². The van der Waals surface area contributed by atoms with E-state index in [1.165, 1.54) is 4.90 Å². The summed E-state index contributed by atoms with van der Waals surface area (Å²) in [5, 5.41) is 15.3. The first kappa shape index (κ1) is 24.3. The van der Waals surface area contributed by atoms with Gasteiger partial charge in [0, 0.05) is 48.1 Å². The van der Waals surface area contributed by atoms with Crippen LogP contribution in [0, 0.1) is 11.8 Å². The van der Waals surface area contributed by atoms with E-state index < -0.39 is 22.6 Å². The Morgan fingerprint density at radius 3 is 2.48 bits per heavy atom. The molecule has 33 heavy (non-hydrogen) atoms. The number of rotatable bonds is 8. The third-order valence-electron chi connectivity index (χ3n) is 7.19. The van der Waals surface area contributed by atoms with Gasteiger partial charge >= 0.3 is 0 Å². The highest BCUT2D eigenvalue weighted by molar-refractivity contribution is 9.09. The second kappa shape index (κ2) is 9.46. The Morgan fingerprint density at radius 2 is 1.91 bits per heavy atom. The van der Waals surface area contributed by atoms with E-state index in [1.807, 2.05) is 24.3 Å². The van der Waals surface area contributed by atoms with Gasteiger partial charge in [-0.15, -0.1) is 11.8 Å². The zero-order valence-corrected chi connectivity index (χ0v) is 21.5. The van der Waals surface area contributed by atoms with Crippen LogP contribution in [0.5, 0.6) is 0 Å². The lowest BCUT2D eigenvalue weighted by molar-refractivity contribution is -0.139. The molecule has 3 aliphatic rings. The quantitative estimate of drug-likeness (QED) is 0.435. The second-order valence-electron chi connectivity index (χ2n) is 8.74. The molecule has 6 atom stereocenters. The summed E-state index contributed by atoms with van der Waals surface area (Å²) < 4.78 is -0.701. The smallest absolute Gasteiger partial charge is 0.248 e. The van der Waals surface area contributed by atoms with Crippen LogP contribution in [0.2, 0.25) is 0 Å². The molecule has 1 spiro atoms. The number of likely N-dealkylation sites (tertiary alicyclic amines) is 1. The summed E-state index contributed by atoms with van der Waals surface area (Å²) in [6.45, 7) is 5.80. The van der Waals surface area contributed by atoms with Gasteiger partial charge in [-0.2, -0.15) is 0 Å². The van der Waals surface area contributed by atoms with Crippen LogP contribution in [-0.2, 0) is 14.4 Å². The molecule has 1 aromatic carbocycles. The number of alkyl halides is 1. The van der Waals surface area contributed by atoms with Crippen molar-refractivity contribution in [2.75, 3.05) is 43.5 Å². The number of aliphatic hydroxyl groups excluding tert-OH is 1. The maximum absolute atomic E-state index is 13.6. The highest BCUT2D eigenvalue weighted by atomic mass is 79.9. The number of carbonyl (C=O) groups is 3. The molecule has 1 aromatic rings. The Morgan fingerprint density at radius 1 is 1.24 bits per heavy atom. The molecule has 2 bridgehead atoms. The van der Waals surface area contributed by atoms with Crippen molar-refractivity contribution in [3.8, 4) is 0 Å². The number of thioether (sulfide) groups is 1. The van der Waals surface area contributed by atoms with Crippen molar-refractivity contribution in [2.45, 2.75) is 41.1 Å². The highest BCUT2D eigenvalue weighted by Crippen LogP contribution is 2.67. The van der Waals surface area contributed by atoms with Gasteiger partial charge < -0.3 is 25.5 Å². The number of benzene rings is 1. The summed E-state index contributed by atoms with van der Waals surface area (Å²) in [7, 11) is 1.58. The van der Waals surface area contributed by atoms with Crippen LogP contribution in [0.4, 0.5) is 11.4 Å². The van der Waals surface area contributed by atoms with Gasteiger partial charge in [-0.3, -0.25) is 14.4 Å². The zero-order chi connectivity index (χ0) is 23.9. The molecule has 8 nitrogen and oxygen atoms in total. The Bertz CT molecular complexity index is 928. The molecule has 180 valence electrons. The molecule has 3 unspecified atom stereocenters. The van der Waals surface area contributed by atoms with Crippen molar-refractivity contribution < 1.29 is 19.5 Å². The van der Waals surface area contributed by atoms with Crippen molar-refractivity contribution in [3.05, 3.63) is 24.3 Å². The van der Waals surface area contributed by atoms with E-state index in [0.717, 1.165) is 18.8 Å². The number of fused-ring (bicyclic) bond motifs is 1. The van der Waals surface area contributed by atoms with Gasteiger partial charge in [-0.05, 0) is 44.5 Å². The van der Waals surface area contributed by atoms with Crippen LogP contribution in [0.1, 0.15) is 20.3 Å². The fourth-order valence-corrected chi connectivity index (χ4v) is 9.41. The molecular weight excluding hydrogens is 508 g/mol. The van der Waals surface area contributed by atoms with E-state index in [-0.39, 0.29) is 41.0 Å². The van der Waals surface area contributed by atoms with Crippen LogP contribution >= 0.6 is 27.7 Å². The normalized spacial score (nSPS) is 32.1. The number of β-amino-alcohol motifs (C(OH)–C–C–N with tert-alkyl or cyclic N) is 1. The highest BCUT2D eigenvalue weighted by Gasteiger charge is 2.75. The van der Waals surface area contributed by atoms with E-state index in [2.05, 4.69) is 45.3 Å². The summed E-state index contributed by atoms with van der Waals surface area (Å²) in [6.07, 6.45) is 0.618. The molecule has 0 aromatic heterocycles. The van der Waals surface area contributed by atoms with Gasteiger partial charge in [-0.25, -0.2) is 0 Å². The summed E-state index contributed by atoms with van der Waals surface area (Å²) in [5.74, 6) is -1.75. The minimum atomic E-state index is -0.755. The Kier molecular flexibility index (Phi) is 6.98. The number of aliphatic hydroxyl groups is 1. The fraction of sp³-hybridized carbons (Fsp3) is 0.609.